The number of hydrogen-bond donors (Lipinski definition) is 2. The van der Waals surface area contributed by atoms with Crippen molar-refractivity contribution in [1.29, 1.82) is 0 Å². The van der Waals surface area contributed by atoms with Gasteiger partial charge < -0.3 is 11.1 Å². The zero-order chi connectivity index (χ0) is 13.6. The van der Waals surface area contributed by atoms with Gasteiger partial charge in [-0.15, -0.1) is 11.8 Å². The van der Waals surface area contributed by atoms with Crippen LogP contribution in [-0.4, -0.2) is 22.2 Å². The Morgan fingerprint density at radius 2 is 2.22 bits per heavy atom. The van der Waals surface area contributed by atoms with Gasteiger partial charge in [-0.25, -0.2) is 9.98 Å². The Bertz CT molecular complexity index is 410. The molecule has 0 radical (unpaired) electrons. The van der Waals surface area contributed by atoms with Gasteiger partial charge in [0.25, 0.3) is 0 Å². The maximum atomic E-state index is 5.82. The summed E-state index contributed by atoms with van der Waals surface area (Å²) in [5.41, 5.74) is 6.89. The largest absolute Gasteiger partial charge is 0.370 e. The van der Waals surface area contributed by atoms with Crippen molar-refractivity contribution in [3.05, 3.63) is 23.9 Å². The predicted octanol–water partition coefficient (Wildman–Crippen LogP) is 2.40. The van der Waals surface area contributed by atoms with Gasteiger partial charge in [-0.1, -0.05) is 6.92 Å². The monoisotopic (exact) mass is 266 g/mol. The van der Waals surface area contributed by atoms with E-state index in [-0.39, 0.29) is 5.54 Å². The van der Waals surface area contributed by atoms with E-state index in [2.05, 4.69) is 49.1 Å². The van der Waals surface area contributed by atoms with Crippen LogP contribution in [0.2, 0.25) is 0 Å². The molecule has 1 rings (SSSR count). The number of nitrogens with two attached hydrogens (primary N) is 1. The first-order valence-corrected chi connectivity index (χ1v) is 7.05. The lowest BCUT2D eigenvalue weighted by molar-refractivity contribution is 0.508. The van der Waals surface area contributed by atoms with E-state index in [4.69, 9.17) is 5.73 Å². The standard InChI is InChI=1S/C13H22N4S/c1-5-18-11-8-10(6-7-15-11)9-16-12(14)17-13(2,3)4/h6-8H,5,9H2,1-4H3,(H3,14,16,17). The molecule has 0 unspecified atom stereocenters. The molecule has 0 spiro atoms. The Balaban J connectivity index is 2.62. The highest BCUT2D eigenvalue weighted by molar-refractivity contribution is 7.99. The minimum atomic E-state index is -0.0605. The quantitative estimate of drug-likeness (QED) is 0.499. The second-order valence-corrected chi connectivity index (χ2v) is 6.30. The summed E-state index contributed by atoms with van der Waals surface area (Å²) >= 11 is 1.73. The highest BCUT2D eigenvalue weighted by atomic mass is 32.2. The zero-order valence-corrected chi connectivity index (χ0v) is 12.3. The normalized spacial score (nSPS) is 12.6. The molecule has 0 aliphatic heterocycles. The third-order valence-corrected chi connectivity index (χ3v) is 2.83. The van der Waals surface area contributed by atoms with Crippen molar-refractivity contribution >= 4 is 17.7 Å². The van der Waals surface area contributed by atoms with Crippen LogP contribution in [0.25, 0.3) is 0 Å². The summed E-state index contributed by atoms with van der Waals surface area (Å²) in [6, 6.07) is 4.02. The molecule has 1 aromatic heterocycles. The zero-order valence-electron chi connectivity index (χ0n) is 11.5. The summed E-state index contributed by atoms with van der Waals surface area (Å²) in [4.78, 5) is 8.61. The number of aliphatic imine (C=N–C) groups is 1. The smallest absolute Gasteiger partial charge is 0.189 e. The maximum absolute atomic E-state index is 5.82. The fourth-order valence-corrected chi connectivity index (χ4v) is 2.04. The lowest BCUT2D eigenvalue weighted by atomic mass is 10.1. The summed E-state index contributed by atoms with van der Waals surface area (Å²) in [5, 5.41) is 4.17. The van der Waals surface area contributed by atoms with Crippen LogP contribution < -0.4 is 11.1 Å². The van der Waals surface area contributed by atoms with Crippen LogP contribution >= 0.6 is 11.8 Å². The van der Waals surface area contributed by atoms with E-state index in [1.807, 2.05) is 12.3 Å². The van der Waals surface area contributed by atoms with E-state index in [0.717, 1.165) is 16.3 Å². The summed E-state index contributed by atoms with van der Waals surface area (Å²) in [6.45, 7) is 8.85. The number of guanidine groups is 1. The first kappa shape index (κ1) is 14.8. The second kappa shape index (κ2) is 6.64. The molecule has 0 saturated heterocycles. The molecule has 3 N–H and O–H groups in total. The van der Waals surface area contributed by atoms with E-state index >= 15 is 0 Å². The number of thioether (sulfide) groups is 1. The molecule has 0 aromatic carbocycles. The highest BCUT2D eigenvalue weighted by Gasteiger charge is 2.09. The third-order valence-electron chi connectivity index (χ3n) is 2.03. The molecule has 0 amide bonds. The highest BCUT2D eigenvalue weighted by Crippen LogP contribution is 2.15. The molecular weight excluding hydrogens is 244 g/mol. The van der Waals surface area contributed by atoms with Gasteiger partial charge in [0.05, 0.1) is 11.6 Å². The van der Waals surface area contributed by atoms with Crippen molar-refractivity contribution in [2.75, 3.05) is 5.75 Å². The molecule has 1 aromatic rings. The first-order valence-electron chi connectivity index (χ1n) is 6.06. The SMILES string of the molecule is CCSc1cc(CN=C(N)NC(C)(C)C)ccn1. The fraction of sp³-hybridized carbons (Fsp3) is 0.538. The van der Waals surface area contributed by atoms with Gasteiger partial charge in [0.2, 0.25) is 0 Å². The van der Waals surface area contributed by atoms with Gasteiger partial charge >= 0.3 is 0 Å². The van der Waals surface area contributed by atoms with Crippen LogP contribution in [-0.2, 0) is 6.54 Å². The van der Waals surface area contributed by atoms with E-state index in [1.54, 1.807) is 11.8 Å². The first-order chi connectivity index (χ1) is 8.40. The molecule has 1 heterocycles. The second-order valence-electron chi connectivity index (χ2n) is 5.01. The van der Waals surface area contributed by atoms with Crippen molar-refractivity contribution < 1.29 is 0 Å². The molecule has 0 bridgehead atoms. The molecule has 0 atom stereocenters. The number of pyridine rings is 1. The number of rotatable bonds is 4. The van der Waals surface area contributed by atoms with Gasteiger partial charge in [-0.2, -0.15) is 0 Å². The Labute approximate surface area is 113 Å². The average Bonchev–Trinajstić information content (AvgIpc) is 2.25. The van der Waals surface area contributed by atoms with Gasteiger partial charge in [0, 0.05) is 11.7 Å². The number of nitrogens with zero attached hydrogens (tertiary/aromatic N) is 2. The van der Waals surface area contributed by atoms with E-state index in [9.17, 15) is 0 Å². The number of nitrogens with one attached hydrogen (secondary N) is 1. The fourth-order valence-electron chi connectivity index (χ4n) is 1.38. The summed E-state index contributed by atoms with van der Waals surface area (Å²) < 4.78 is 0. The van der Waals surface area contributed by atoms with Crippen LogP contribution in [0, 0.1) is 0 Å². The summed E-state index contributed by atoms with van der Waals surface area (Å²) in [5.74, 6) is 1.50. The van der Waals surface area contributed by atoms with Gasteiger partial charge in [-0.05, 0) is 44.2 Å². The minimum Gasteiger partial charge on any atom is -0.370 e. The molecule has 4 nitrogen and oxygen atoms in total. The van der Waals surface area contributed by atoms with E-state index in [0.29, 0.717) is 12.5 Å². The van der Waals surface area contributed by atoms with E-state index in [1.165, 1.54) is 0 Å². The lowest BCUT2D eigenvalue weighted by Crippen LogP contribution is -2.44. The Morgan fingerprint density at radius 3 is 2.83 bits per heavy atom. The van der Waals surface area contributed by atoms with Crippen LogP contribution in [0.5, 0.6) is 0 Å². The predicted molar refractivity (Wildman–Crippen MR) is 78.9 cm³/mol. The van der Waals surface area contributed by atoms with Gasteiger partial charge in [0.15, 0.2) is 5.96 Å². The lowest BCUT2D eigenvalue weighted by Gasteiger charge is -2.20. The van der Waals surface area contributed by atoms with Gasteiger partial charge in [0.1, 0.15) is 0 Å². The van der Waals surface area contributed by atoms with Crippen LogP contribution in [0.4, 0.5) is 0 Å². The Hall–Kier alpha value is -1.23. The Kier molecular flexibility index (Phi) is 5.47. The summed E-state index contributed by atoms with van der Waals surface area (Å²) in [7, 11) is 0. The van der Waals surface area contributed by atoms with Crippen LogP contribution in [0.1, 0.15) is 33.3 Å². The molecular formula is C13H22N4S. The molecule has 0 saturated carbocycles. The Morgan fingerprint density at radius 1 is 1.50 bits per heavy atom. The maximum Gasteiger partial charge on any atom is 0.189 e. The van der Waals surface area contributed by atoms with Crippen molar-refractivity contribution in [3.63, 3.8) is 0 Å². The minimum absolute atomic E-state index is 0.0605. The van der Waals surface area contributed by atoms with Crippen molar-refractivity contribution in [3.8, 4) is 0 Å². The topological polar surface area (TPSA) is 63.3 Å². The van der Waals surface area contributed by atoms with Gasteiger partial charge in [-0.3, -0.25) is 0 Å². The molecule has 0 aliphatic carbocycles. The van der Waals surface area contributed by atoms with Crippen LogP contribution in [0.15, 0.2) is 28.3 Å². The van der Waals surface area contributed by atoms with E-state index < -0.39 is 0 Å². The van der Waals surface area contributed by atoms with Crippen LogP contribution in [0.3, 0.4) is 0 Å². The van der Waals surface area contributed by atoms with Crippen molar-refractivity contribution in [2.45, 2.75) is 44.8 Å². The molecule has 0 fully saturated rings. The molecule has 100 valence electrons. The number of aromatic nitrogens is 1. The molecule has 0 aliphatic rings. The van der Waals surface area contributed by atoms with Crippen molar-refractivity contribution in [1.82, 2.24) is 10.3 Å². The number of hydrogen-bond acceptors (Lipinski definition) is 3. The summed E-state index contributed by atoms with van der Waals surface area (Å²) in [6.07, 6.45) is 1.82. The molecule has 5 heteroatoms. The van der Waals surface area contributed by atoms with Crippen molar-refractivity contribution in [2.24, 2.45) is 10.7 Å². The molecule has 18 heavy (non-hydrogen) atoms. The third kappa shape index (κ3) is 5.91. The average molecular weight is 266 g/mol.